The summed E-state index contributed by atoms with van der Waals surface area (Å²) >= 11 is 0. The third kappa shape index (κ3) is 6.07. The molecule has 0 saturated carbocycles. The van der Waals surface area contributed by atoms with Gasteiger partial charge in [0.1, 0.15) is 5.75 Å². The molecule has 30 heavy (non-hydrogen) atoms. The molecule has 2 saturated heterocycles. The first-order valence-electron chi connectivity index (χ1n) is 11.5. The Bertz CT molecular complexity index is 778. The minimum absolute atomic E-state index is 0.338. The summed E-state index contributed by atoms with van der Waals surface area (Å²) in [5.74, 6) is 1.09. The summed E-state index contributed by atoms with van der Waals surface area (Å²) in [6.07, 6.45) is 5.28. The second-order valence-corrected chi connectivity index (χ2v) is 9.14. The average Bonchev–Trinajstić information content (AvgIpc) is 3.26. The number of nitrogens with zero attached hydrogens (tertiary/aromatic N) is 2. The number of phenols is 1. The summed E-state index contributed by atoms with van der Waals surface area (Å²) in [5, 5.41) is 9.59. The molecule has 162 valence electrons. The zero-order chi connectivity index (χ0) is 20.8. The Morgan fingerprint density at radius 2 is 1.77 bits per heavy atom. The molecule has 0 spiro atoms. The van der Waals surface area contributed by atoms with Crippen molar-refractivity contribution in [3.63, 3.8) is 0 Å². The van der Waals surface area contributed by atoms with E-state index in [2.05, 4.69) is 41.0 Å². The Morgan fingerprint density at radius 1 is 1.00 bits per heavy atom. The van der Waals surface area contributed by atoms with Crippen LogP contribution in [0.2, 0.25) is 0 Å². The van der Waals surface area contributed by atoms with Crippen LogP contribution >= 0.6 is 0 Å². The van der Waals surface area contributed by atoms with E-state index < -0.39 is 0 Å². The number of phenolic OH excluding ortho intramolecular Hbond substituents is 1. The molecule has 1 atom stereocenters. The zero-order valence-electron chi connectivity index (χ0n) is 18.3. The quantitative estimate of drug-likeness (QED) is 0.693. The fourth-order valence-electron chi connectivity index (χ4n) is 4.86. The summed E-state index contributed by atoms with van der Waals surface area (Å²) in [6.45, 7) is 9.67. The molecule has 0 bridgehead atoms. The monoisotopic (exact) mass is 408 g/mol. The summed E-state index contributed by atoms with van der Waals surface area (Å²) in [4.78, 5) is 5.20. The van der Waals surface area contributed by atoms with Crippen molar-refractivity contribution in [1.82, 2.24) is 9.80 Å². The van der Waals surface area contributed by atoms with Gasteiger partial charge in [0, 0.05) is 32.8 Å². The first-order valence-corrected chi connectivity index (χ1v) is 11.5. The lowest BCUT2D eigenvalue weighted by Gasteiger charge is -2.36. The first-order chi connectivity index (χ1) is 14.7. The fraction of sp³-hybridized carbons (Fsp3) is 0.538. The van der Waals surface area contributed by atoms with Gasteiger partial charge in [0.2, 0.25) is 0 Å². The van der Waals surface area contributed by atoms with Crippen LogP contribution in [0.5, 0.6) is 5.75 Å². The van der Waals surface area contributed by atoms with Gasteiger partial charge in [0.05, 0.1) is 6.10 Å². The van der Waals surface area contributed by atoms with Gasteiger partial charge in [-0.3, -0.25) is 9.80 Å². The predicted octanol–water partition coefficient (Wildman–Crippen LogP) is 4.59. The van der Waals surface area contributed by atoms with Crippen molar-refractivity contribution in [2.24, 2.45) is 5.92 Å². The summed E-state index contributed by atoms with van der Waals surface area (Å²) in [7, 11) is 0. The molecule has 2 aromatic rings. The van der Waals surface area contributed by atoms with Gasteiger partial charge in [-0.25, -0.2) is 0 Å². The lowest BCUT2D eigenvalue weighted by Crippen LogP contribution is -2.40. The highest BCUT2D eigenvalue weighted by Gasteiger charge is 2.25. The van der Waals surface area contributed by atoms with Crippen LogP contribution in [0.1, 0.15) is 42.4 Å². The van der Waals surface area contributed by atoms with Gasteiger partial charge in [-0.2, -0.15) is 0 Å². The number of aromatic hydroxyl groups is 1. The SMILES string of the molecule is Cc1ccccc1CN1CCC(CN(Cc2ccc(O)cc2)CC2CCCO2)CC1. The minimum Gasteiger partial charge on any atom is -0.508 e. The third-order valence-corrected chi connectivity index (χ3v) is 6.71. The molecule has 2 aromatic carbocycles. The molecule has 4 rings (SSSR count). The van der Waals surface area contributed by atoms with Gasteiger partial charge in [0.25, 0.3) is 0 Å². The van der Waals surface area contributed by atoms with Crippen LogP contribution in [0.25, 0.3) is 0 Å². The van der Waals surface area contributed by atoms with Gasteiger partial charge >= 0.3 is 0 Å². The summed E-state index contributed by atoms with van der Waals surface area (Å²) in [5.41, 5.74) is 4.13. The maximum absolute atomic E-state index is 9.59. The van der Waals surface area contributed by atoms with E-state index in [1.165, 1.54) is 55.5 Å². The number of aryl methyl sites for hydroxylation is 1. The van der Waals surface area contributed by atoms with Crippen molar-refractivity contribution in [3.8, 4) is 5.75 Å². The van der Waals surface area contributed by atoms with E-state index in [-0.39, 0.29) is 0 Å². The minimum atomic E-state index is 0.338. The summed E-state index contributed by atoms with van der Waals surface area (Å²) in [6, 6.07) is 16.4. The van der Waals surface area contributed by atoms with Crippen molar-refractivity contribution in [1.29, 1.82) is 0 Å². The highest BCUT2D eigenvalue weighted by atomic mass is 16.5. The summed E-state index contributed by atoms with van der Waals surface area (Å²) < 4.78 is 5.93. The van der Waals surface area contributed by atoms with Crippen molar-refractivity contribution in [2.75, 3.05) is 32.8 Å². The molecule has 0 amide bonds. The molecule has 1 unspecified atom stereocenters. The van der Waals surface area contributed by atoms with Gasteiger partial charge in [-0.05, 0) is 80.4 Å². The van der Waals surface area contributed by atoms with Gasteiger partial charge in [-0.15, -0.1) is 0 Å². The smallest absolute Gasteiger partial charge is 0.115 e. The standard InChI is InChI=1S/C26H36N2O2/c1-21-5-2-3-6-24(21)19-27-14-12-23(13-15-27)18-28(20-26-7-4-16-30-26)17-22-8-10-25(29)11-9-22/h2-3,5-6,8-11,23,26,29H,4,7,12-20H2,1H3. The van der Waals surface area contributed by atoms with Crippen molar-refractivity contribution in [3.05, 3.63) is 65.2 Å². The Hall–Kier alpha value is -1.88. The normalized spacial score (nSPS) is 20.8. The molecule has 2 aliphatic heterocycles. The van der Waals surface area contributed by atoms with E-state index in [0.717, 1.165) is 38.7 Å². The van der Waals surface area contributed by atoms with Crippen LogP contribution in [-0.4, -0.2) is 53.8 Å². The predicted molar refractivity (Wildman–Crippen MR) is 122 cm³/mol. The number of benzene rings is 2. The topological polar surface area (TPSA) is 35.9 Å². The third-order valence-electron chi connectivity index (χ3n) is 6.71. The largest absolute Gasteiger partial charge is 0.508 e. The first kappa shape index (κ1) is 21.4. The highest BCUT2D eigenvalue weighted by molar-refractivity contribution is 5.26. The van der Waals surface area contributed by atoms with E-state index in [0.29, 0.717) is 11.9 Å². The molecule has 4 heteroatoms. The number of hydrogen-bond donors (Lipinski definition) is 1. The van der Waals surface area contributed by atoms with Gasteiger partial charge in [-0.1, -0.05) is 36.4 Å². The van der Waals surface area contributed by atoms with E-state index in [9.17, 15) is 5.11 Å². The van der Waals surface area contributed by atoms with Gasteiger partial charge < -0.3 is 9.84 Å². The molecule has 2 heterocycles. The van der Waals surface area contributed by atoms with Crippen LogP contribution in [0, 0.1) is 12.8 Å². The number of hydrogen-bond acceptors (Lipinski definition) is 4. The highest BCUT2D eigenvalue weighted by Crippen LogP contribution is 2.23. The Kier molecular flexibility index (Phi) is 7.42. The Labute approximate surface area is 181 Å². The van der Waals surface area contributed by atoms with Crippen molar-refractivity contribution in [2.45, 2.75) is 51.8 Å². The Balaban J connectivity index is 1.31. The van der Waals surface area contributed by atoms with Crippen molar-refractivity contribution >= 4 is 0 Å². The van der Waals surface area contributed by atoms with Crippen LogP contribution in [0.4, 0.5) is 0 Å². The van der Waals surface area contributed by atoms with Crippen molar-refractivity contribution < 1.29 is 9.84 Å². The molecule has 2 aliphatic rings. The Morgan fingerprint density at radius 3 is 2.47 bits per heavy atom. The van der Waals surface area contributed by atoms with Crippen LogP contribution in [0.15, 0.2) is 48.5 Å². The van der Waals surface area contributed by atoms with E-state index in [1.807, 2.05) is 12.1 Å². The molecule has 1 N–H and O–H groups in total. The van der Waals surface area contributed by atoms with E-state index in [1.54, 1.807) is 12.1 Å². The number of rotatable bonds is 8. The maximum atomic E-state index is 9.59. The molecule has 2 fully saturated rings. The lowest BCUT2D eigenvalue weighted by molar-refractivity contribution is 0.0570. The fourth-order valence-corrected chi connectivity index (χ4v) is 4.86. The van der Waals surface area contributed by atoms with E-state index >= 15 is 0 Å². The lowest BCUT2D eigenvalue weighted by atomic mass is 9.95. The number of likely N-dealkylation sites (tertiary alicyclic amines) is 1. The molecule has 0 aromatic heterocycles. The number of piperidine rings is 1. The molecule has 0 radical (unpaired) electrons. The maximum Gasteiger partial charge on any atom is 0.115 e. The average molecular weight is 409 g/mol. The molecule has 4 nitrogen and oxygen atoms in total. The van der Waals surface area contributed by atoms with Gasteiger partial charge in [0.15, 0.2) is 0 Å². The second kappa shape index (κ2) is 10.4. The molecular weight excluding hydrogens is 372 g/mol. The van der Waals surface area contributed by atoms with E-state index in [4.69, 9.17) is 4.74 Å². The molecular formula is C26H36N2O2. The molecule has 0 aliphatic carbocycles. The zero-order valence-corrected chi connectivity index (χ0v) is 18.3. The van der Waals surface area contributed by atoms with Crippen LogP contribution in [0.3, 0.4) is 0 Å². The second-order valence-electron chi connectivity index (χ2n) is 9.14. The number of ether oxygens (including phenoxy) is 1. The van der Waals surface area contributed by atoms with Crippen LogP contribution in [-0.2, 0) is 17.8 Å². The van der Waals surface area contributed by atoms with Crippen LogP contribution < -0.4 is 0 Å².